The normalized spacial score (nSPS) is 13.2. The van der Waals surface area contributed by atoms with Crippen LogP contribution in [0.3, 0.4) is 0 Å². The lowest BCUT2D eigenvalue weighted by atomic mass is 10.0. The van der Waals surface area contributed by atoms with Crippen LogP contribution >= 0.6 is 0 Å². The highest BCUT2D eigenvalue weighted by Gasteiger charge is 2.30. The van der Waals surface area contributed by atoms with Crippen LogP contribution in [0.5, 0.6) is 11.5 Å². The lowest BCUT2D eigenvalue weighted by Gasteiger charge is -2.21. The Morgan fingerprint density at radius 3 is 2.42 bits per heavy atom. The second kappa shape index (κ2) is 9.05. The third kappa shape index (κ3) is 5.65. The largest absolute Gasteiger partial charge is 0.493 e. The SMILES string of the molecule is COc1cc2nc(C)nc(N[C@H](C)c3cccc(C(C)(F)F)c3F)c2cc1OCC(C)(C)O. The number of aromatic nitrogens is 2. The van der Waals surface area contributed by atoms with E-state index >= 15 is 0 Å². The summed E-state index contributed by atoms with van der Waals surface area (Å²) in [5.41, 5.74) is -1.09. The Kier molecular flexibility index (Phi) is 6.74. The molecule has 1 atom stereocenters. The van der Waals surface area contributed by atoms with Gasteiger partial charge in [0.2, 0.25) is 0 Å². The van der Waals surface area contributed by atoms with Gasteiger partial charge in [0.25, 0.3) is 5.92 Å². The molecule has 3 aromatic rings. The molecule has 0 saturated heterocycles. The number of aliphatic hydroxyl groups is 1. The molecule has 0 unspecified atom stereocenters. The molecule has 3 rings (SSSR count). The van der Waals surface area contributed by atoms with Crippen LogP contribution in [0, 0.1) is 12.7 Å². The molecule has 0 aliphatic rings. The number of halogens is 3. The smallest absolute Gasteiger partial charge is 0.273 e. The zero-order chi connectivity index (χ0) is 24.6. The number of hydrogen-bond acceptors (Lipinski definition) is 6. The van der Waals surface area contributed by atoms with E-state index in [2.05, 4.69) is 15.3 Å². The van der Waals surface area contributed by atoms with Gasteiger partial charge in [0, 0.05) is 23.9 Å². The first-order valence-electron chi connectivity index (χ1n) is 10.4. The van der Waals surface area contributed by atoms with E-state index in [1.165, 1.54) is 19.2 Å². The zero-order valence-corrected chi connectivity index (χ0v) is 19.5. The molecule has 0 spiro atoms. The average Bonchev–Trinajstić information content (AvgIpc) is 2.70. The van der Waals surface area contributed by atoms with Gasteiger partial charge in [-0.15, -0.1) is 0 Å². The van der Waals surface area contributed by atoms with Gasteiger partial charge in [0.1, 0.15) is 24.1 Å². The van der Waals surface area contributed by atoms with Crippen molar-refractivity contribution in [2.75, 3.05) is 19.0 Å². The molecular weight excluding hydrogens is 435 g/mol. The van der Waals surface area contributed by atoms with Crippen LogP contribution < -0.4 is 14.8 Å². The highest BCUT2D eigenvalue weighted by Crippen LogP contribution is 2.37. The Morgan fingerprint density at radius 2 is 1.82 bits per heavy atom. The fourth-order valence-corrected chi connectivity index (χ4v) is 3.40. The fourth-order valence-electron chi connectivity index (χ4n) is 3.40. The van der Waals surface area contributed by atoms with Crippen molar-refractivity contribution < 1.29 is 27.8 Å². The maximum absolute atomic E-state index is 14.9. The Bertz CT molecular complexity index is 1160. The lowest BCUT2D eigenvalue weighted by molar-refractivity contribution is 0.0135. The monoisotopic (exact) mass is 463 g/mol. The van der Waals surface area contributed by atoms with Crippen LogP contribution in [0.2, 0.25) is 0 Å². The predicted octanol–water partition coefficient (Wildman–Crippen LogP) is 5.52. The first kappa shape index (κ1) is 24.6. The molecule has 0 aliphatic heterocycles. The molecule has 9 heteroatoms. The number of anilines is 1. The Morgan fingerprint density at radius 1 is 1.12 bits per heavy atom. The predicted molar refractivity (Wildman–Crippen MR) is 121 cm³/mol. The number of ether oxygens (including phenoxy) is 2. The third-order valence-electron chi connectivity index (χ3n) is 5.00. The van der Waals surface area contributed by atoms with E-state index in [0.717, 1.165) is 6.07 Å². The molecule has 6 nitrogen and oxygen atoms in total. The summed E-state index contributed by atoms with van der Waals surface area (Å²) in [6.45, 7) is 7.28. The summed E-state index contributed by atoms with van der Waals surface area (Å²) in [4.78, 5) is 8.86. The number of methoxy groups -OCH3 is 1. The van der Waals surface area contributed by atoms with Gasteiger partial charge >= 0.3 is 0 Å². The molecule has 0 radical (unpaired) electrons. The van der Waals surface area contributed by atoms with E-state index in [9.17, 15) is 18.3 Å². The summed E-state index contributed by atoms with van der Waals surface area (Å²) < 4.78 is 53.6. The first-order valence-corrected chi connectivity index (χ1v) is 10.4. The molecule has 0 amide bonds. The lowest BCUT2D eigenvalue weighted by Crippen LogP contribution is -2.28. The molecule has 1 aromatic heterocycles. The van der Waals surface area contributed by atoms with Gasteiger partial charge in [-0.25, -0.2) is 23.1 Å². The van der Waals surface area contributed by atoms with Crippen molar-refractivity contribution in [1.29, 1.82) is 0 Å². The summed E-state index contributed by atoms with van der Waals surface area (Å²) in [6.07, 6.45) is 0. The van der Waals surface area contributed by atoms with E-state index in [1.54, 1.807) is 39.8 Å². The van der Waals surface area contributed by atoms with Crippen LogP contribution in [-0.4, -0.2) is 34.4 Å². The van der Waals surface area contributed by atoms with Crippen LogP contribution in [0.4, 0.5) is 19.0 Å². The Balaban J connectivity index is 2.04. The molecule has 0 bridgehead atoms. The van der Waals surface area contributed by atoms with E-state index < -0.39 is 28.9 Å². The van der Waals surface area contributed by atoms with Crippen molar-refractivity contribution in [3.63, 3.8) is 0 Å². The third-order valence-corrected chi connectivity index (χ3v) is 5.00. The van der Waals surface area contributed by atoms with E-state index in [-0.39, 0.29) is 12.2 Å². The van der Waals surface area contributed by atoms with Gasteiger partial charge in [0.15, 0.2) is 11.5 Å². The number of benzene rings is 2. The molecule has 2 N–H and O–H groups in total. The van der Waals surface area contributed by atoms with E-state index in [4.69, 9.17) is 9.47 Å². The number of alkyl halides is 2. The molecule has 33 heavy (non-hydrogen) atoms. The minimum atomic E-state index is -3.30. The molecule has 0 aliphatic carbocycles. The summed E-state index contributed by atoms with van der Waals surface area (Å²) >= 11 is 0. The number of fused-ring (bicyclic) bond motifs is 1. The highest BCUT2D eigenvalue weighted by molar-refractivity contribution is 5.92. The van der Waals surface area contributed by atoms with Gasteiger partial charge in [-0.1, -0.05) is 18.2 Å². The second-order valence-corrected chi connectivity index (χ2v) is 8.70. The molecule has 1 heterocycles. The van der Waals surface area contributed by atoms with Crippen molar-refractivity contribution in [1.82, 2.24) is 9.97 Å². The Labute approximate surface area is 190 Å². The average molecular weight is 464 g/mol. The molecule has 0 fully saturated rings. The van der Waals surface area contributed by atoms with Crippen molar-refractivity contribution >= 4 is 16.7 Å². The summed E-state index contributed by atoms with van der Waals surface area (Å²) in [5, 5.41) is 13.7. The number of nitrogens with one attached hydrogen (secondary N) is 1. The second-order valence-electron chi connectivity index (χ2n) is 8.70. The van der Waals surface area contributed by atoms with E-state index in [0.29, 0.717) is 41.0 Å². The van der Waals surface area contributed by atoms with Gasteiger partial charge in [-0.05, 0) is 33.8 Å². The quantitative estimate of drug-likeness (QED) is 0.458. The number of aryl methyl sites for hydroxylation is 1. The fraction of sp³-hybridized carbons (Fsp3) is 0.417. The maximum atomic E-state index is 14.9. The molecular formula is C24H28F3N3O3. The van der Waals surface area contributed by atoms with Gasteiger partial charge in [-0.2, -0.15) is 0 Å². The number of hydrogen-bond donors (Lipinski definition) is 2. The van der Waals surface area contributed by atoms with Crippen LogP contribution in [0.1, 0.15) is 50.7 Å². The Hall–Kier alpha value is -3.07. The zero-order valence-electron chi connectivity index (χ0n) is 19.5. The van der Waals surface area contributed by atoms with Crippen molar-refractivity contribution in [3.8, 4) is 11.5 Å². The standard InChI is InChI=1S/C24H28F3N3O3/c1-13(15-8-7-9-17(21(15)25)24(5,26)27)28-22-16-10-20(33-12-23(3,4)31)19(32-6)11-18(16)29-14(2)30-22/h7-11,13,31H,12H2,1-6H3,(H,28,29,30)/t13-/m1/s1. The summed E-state index contributed by atoms with van der Waals surface area (Å²) in [6, 6.07) is 6.61. The molecule has 2 aromatic carbocycles. The highest BCUT2D eigenvalue weighted by atomic mass is 19.3. The van der Waals surface area contributed by atoms with Crippen molar-refractivity contribution in [2.45, 2.75) is 52.2 Å². The minimum absolute atomic E-state index is 0.0178. The van der Waals surface area contributed by atoms with Crippen molar-refractivity contribution in [3.05, 3.63) is 53.1 Å². The number of nitrogens with zero attached hydrogens (tertiary/aromatic N) is 2. The van der Waals surface area contributed by atoms with Crippen LogP contribution in [0.25, 0.3) is 10.9 Å². The maximum Gasteiger partial charge on any atom is 0.273 e. The minimum Gasteiger partial charge on any atom is -0.493 e. The number of rotatable bonds is 8. The van der Waals surface area contributed by atoms with Crippen molar-refractivity contribution in [2.24, 2.45) is 0 Å². The van der Waals surface area contributed by atoms with Gasteiger partial charge < -0.3 is 19.9 Å². The molecule has 178 valence electrons. The van der Waals surface area contributed by atoms with Crippen LogP contribution in [-0.2, 0) is 5.92 Å². The topological polar surface area (TPSA) is 76.5 Å². The van der Waals surface area contributed by atoms with Gasteiger partial charge in [0.05, 0.1) is 29.8 Å². The van der Waals surface area contributed by atoms with E-state index in [1.807, 2.05) is 0 Å². The molecule has 0 saturated carbocycles. The summed E-state index contributed by atoms with van der Waals surface area (Å²) in [5.74, 6) is -2.63. The first-order chi connectivity index (χ1) is 15.3. The summed E-state index contributed by atoms with van der Waals surface area (Å²) in [7, 11) is 1.49. The van der Waals surface area contributed by atoms with Gasteiger partial charge in [-0.3, -0.25) is 0 Å². The van der Waals surface area contributed by atoms with Crippen LogP contribution in [0.15, 0.2) is 30.3 Å².